The van der Waals surface area contributed by atoms with Crippen molar-refractivity contribution in [3.63, 3.8) is 0 Å². The zero-order chi connectivity index (χ0) is 12.6. The number of benzene rings is 1. The number of methoxy groups -OCH3 is 1. The summed E-state index contributed by atoms with van der Waals surface area (Å²) >= 11 is 0. The van der Waals surface area contributed by atoms with Gasteiger partial charge in [-0.1, -0.05) is 13.0 Å². The number of fused-ring (bicyclic) bond motifs is 1. The molecule has 1 amide bonds. The SMILES string of the molecule is CC[C@@]1(O)C(=O)Nc2c(OC)cccc2C1=O.O. The lowest BCUT2D eigenvalue weighted by atomic mass is 9.85. The second kappa shape index (κ2) is 4.75. The van der Waals surface area contributed by atoms with E-state index in [1.54, 1.807) is 25.1 Å². The van der Waals surface area contributed by atoms with Crippen molar-refractivity contribution in [3.05, 3.63) is 23.8 Å². The number of amides is 1. The summed E-state index contributed by atoms with van der Waals surface area (Å²) in [5.41, 5.74) is -1.38. The van der Waals surface area contributed by atoms with Gasteiger partial charge in [0, 0.05) is 5.56 Å². The van der Waals surface area contributed by atoms with Gasteiger partial charge < -0.3 is 20.6 Å². The van der Waals surface area contributed by atoms with E-state index in [0.29, 0.717) is 11.4 Å². The molecule has 0 aromatic heterocycles. The molecule has 1 atom stereocenters. The van der Waals surface area contributed by atoms with Gasteiger partial charge in [-0.2, -0.15) is 0 Å². The van der Waals surface area contributed by atoms with E-state index in [9.17, 15) is 14.7 Å². The van der Waals surface area contributed by atoms with Crippen LogP contribution in [0.5, 0.6) is 5.75 Å². The molecular formula is C12H15NO5. The first kappa shape index (κ1) is 14.1. The quantitative estimate of drug-likeness (QED) is 0.731. The molecule has 1 aliphatic heterocycles. The highest BCUT2D eigenvalue weighted by Gasteiger charge is 2.47. The molecule has 1 aromatic carbocycles. The van der Waals surface area contributed by atoms with Crippen LogP contribution in [0.3, 0.4) is 0 Å². The molecule has 0 spiro atoms. The number of hydrogen-bond donors (Lipinski definition) is 2. The van der Waals surface area contributed by atoms with Crippen LogP contribution in [0.2, 0.25) is 0 Å². The second-order valence-electron chi connectivity index (χ2n) is 3.88. The van der Waals surface area contributed by atoms with Gasteiger partial charge in [0.05, 0.1) is 12.8 Å². The minimum Gasteiger partial charge on any atom is -0.495 e. The summed E-state index contributed by atoms with van der Waals surface area (Å²) in [7, 11) is 1.45. The third kappa shape index (κ3) is 1.75. The van der Waals surface area contributed by atoms with E-state index in [0.717, 1.165) is 0 Å². The Morgan fingerprint density at radius 3 is 2.61 bits per heavy atom. The van der Waals surface area contributed by atoms with E-state index in [2.05, 4.69) is 5.32 Å². The molecule has 0 saturated heterocycles. The molecule has 0 saturated carbocycles. The Hall–Kier alpha value is -1.92. The Kier molecular flexibility index (Phi) is 3.73. The number of anilines is 1. The van der Waals surface area contributed by atoms with Gasteiger partial charge in [0.15, 0.2) is 0 Å². The van der Waals surface area contributed by atoms with Crippen molar-refractivity contribution in [2.24, 2.45) is 0 Å². The van der Waals surface area contributed by atoms with Crippen molar-refractivity contribution in [1.82, 2.24) is 0 Å². The number of ketones is 1. The highest BCUT2D eigenvalue weighted by atomic mass is 16.5. The first-order chi connectivity index (χ1) is 8.04. The molecular weight excluding hydrogens is 238 g/mol. The van der Waals surface area contributed by atoms with Crippen LogP contribution >= 0.6 is 0 Å². The fourth-order valence-electron chi connectivity index (χ4n) is 1.88. The van der Waals surface area contributed by atoms with Crippen LogP contribution in [0.4, 0.5) is 5.69 Å². The smallest absolute Gasteiger partial charge is 0.264 e. The van der Waals surface area contributed by atoms with Crippen LogP contribution in [0, 0.1) is 0 Å². The van der Waals surface area contributed by atoms with Crippen LogP contribution in [-0.4, -0.2) is 35.0 Å². The Balaban J connectivity index is 0.00000162. The molecule has 18 heavy (non-hydrogen) atoms. The number of aliphatic hydroxyl groups is 1. The van der Waals surface area contributed by atoms with Crippen LogP contribution < -0.4 is 10.1 Å². The summed E-state index contributed by atoms with van der Waals surface area (Å²) in [5.74, 6) is -0.887. The third-order valence-electron chi connectivity index (χ3n) is 2.99. The van der Waals surface area contributed by atoms with Gasteiger partial charge in [-0.05, 0) is 18.6 Å². The van der Waals surface area contributed by atoms with Crippen molar-refractivity contribution in [2.45, 2.75) is 18.9 Å². The van der Waals surface area contributed by atoms with Crippen LogP contribution in [0.25, 0.3) is 0 Å². The average molecular weight is 253 g/mol. The number of carbonyl (C=O) groups is 2. The zero-order valence-corrected chi connectivity index (χ0v) is 10.1. The Labute approximate surface area is 104 Å². The van der Waals surface area contributed by atoms with E-state index in [1.807, 2.05) is 0 Å². The predicted molar refractivity (Wildman–Crippen MR) is 64.8 cm³/mol. The highest BCUT2D eigenvalue weighted by molar-refractivity contribution is 6.26. The van der Waals surface area contributed by atoms with E-state index < -0.39 is 17.3 Å². The lowest BCUT2D eigenvalue weighted by Gasteiger charge is -2.30. The topological polar surface area (TPSA) is 107 Å². The minimum atomic E-state index is -1.97. The Morgan fingerprint density at radius 1 is 1.39 bits per heavy atom. The van der Waals surface area contributed by atoms with Gasteiger partial charge >= 0.3 is 0 Å². The summed E-state index contributed by atoms with van der Waals surface area (Å²) < 4.78 is 5.06. The highest BCUT2D eigenvalue weighted by Crippen LogP contribution is 2.36. The van der Waals surface area contributed by atoms with Gasteiger partial charge in [-0.25, -0.2) is 0 Å². The van der Waals surface area contributed by atoms with E-state index >= 15 is 0 Å². The monoisotopic (exact) mass is 253 g/mol. The minimum absolute atomic E-state index is 0. The molecule has 0 aliphatic carbocycles. The average Bonchev–Trinajstić information content (AvgIpc) is 2.35. The largest absolute Gasteiger partial charge is 0.495 e. The van der Waals surface area contributed by atoms with Gasteiger partial charge in [0.25, 0.3) is 5.91 Å². The number of hydrogen-bond acceptors (Lipinski definition) is 4. The van der Waals surface area contributed by atoms with Crippen LogP contribution in [0.15, 0.2) is 18.2 Å². The molecule has 6 nitrogen and oxygen atoms in total. The van der Waals surface area contributed by atoms with Gasteiger partial charge in [-0.15, -0.1) is 0 Å². The lowest BCUT2D eigenvalue weighted by molar-refractivity contribution is -0.130. The van der Waals surface area contributed by atoms with Crippen molar-refractivity contribution >= 4 is 17.4 Å². The number of rotatable bonds is 2. The third-order valence-corrected chi connectivity index (χ3v) is 2.99. The first-order valence-electron chi connectivity index (χ1n) is 5.30. The molecule has 1 aromatic rings. The zero-order valence-electron chi connectivity index (χ0n) is 10.1. The van der Waals surface area contributed by atoms with Gasteiger partial charge in [0.2, 0.25) is 11.4 Å². The van der Waals surface area contributed by atoms with Crippen molar-refractivity contribution in [2.75, 3.05) is 12.4 Å². The molecule has 2 rings (SSSR count). The van der Waals surface area contributed by atoms with Crippen LogP contribution in [0.1, 0.15) is 23.7 Å². The molecule has 6 heteroatoms. The van der Waals surface area contributed by atoms with Crippen molar-refractivity contribution in [1.29, 1.82) is 0 Å². The molecule has 0 radical (unpaired) electrons. The maximum absolute atomic E-state index is 12.1. The lowest BCUT2D eigenvalue weighted by Crippen LogP contribution is -2.52. The summed E-state index contributed by atoms with van der Waals surface area (Å²) in [6.45, 7) is 1.59. The van der Waals surface area contributed by atoms with Crippen LogP contribution in [-0.2, 0) is 4.79 Å². The number of para-hydroxylation sites is 1. The number of nitrogens with one attached hydrogen (secondary N) is 1. The molecule has 1 aliphatic rings. The standard InChI is InChI=1S/C12H13NO4.H2O/c1-3-12(16)10(14)7-5-4-6-8(17-2)9(7)13-11(12)15;/h4-6,16H,3H2,1-2H3,(H,13,15);1H2/t12-;/m0./s1. The van der Waals surface area contributed by atoms with Crippen molar-refractivity contribution < 1.29 is 24.9 Å². The molecule has 4 N–H and O–H groups in total. The number of ether oxygens (including phenoxy) is 1. The summed E-state index contributed by atoms with van der Waals surface area (Å²) in [6.07, 6.45) is 0.0360. The van der Waals surface area contributed by atoms with Gasteiger partial charge in [-0.3, -0.25) is 9.59 Å². The van der Waals surface area contributed by atoms with E-state index in [4.69, 9.17) is 4.74 Å². The summed E-state index contributed by atoms with van der Waals surface area (Å²) in [4.78, 5) is 23.8. The predicted octanol–water partition coefficient (Wildman–Crippen LogP) is 0.146. The maximum atomic E-state index is 12.1. The molecule has 0 bridgehead atoms. The molecule has 0 fully saturated rings. The summed E-state index contributed by atoms with van der Waals surface area (Å²) in [5, 5.41) is 12.5. The van der Waals surface area contributed by atoms with Crippen molar-refractivity contribution in [3.8, 4) is 5.75 Å². The Bertz CT molecular complexity index is 499. The normalized spacial score (nSPS) is 21.7. The fourth-order valence-corrected chi connectivity index (χ4v) is 1.88. The van der Waals surface area contributed by atoms with Gasteiger partial charge in [0.1, 0.15) is 5.75 Å². The molecule has 1 heterocycles. The fraction of sp³-hybridized carbons (Fsp3) is 0.333. The molecule has 98 valence electrons. The number of carbonyl (C=O) groups excluding carboxylic acids is 2. The number of Topliss-reactive ketones (excluding diaryl/α,β-unsaturated/α-hetero) is 1. The Morgan fingerprint density at radius 2 is 2.06 bits per heavy atom. The van der Waals surface area contributed by atoms with E-state index in [1.165, 1.54) is 7.11 Å². The second-order valence-corrected chi connectivity index (χ2v) is 3.88. The van der Waals surface area contributed by atoms with E-state index in [-0.39, 0.29) is 17.5 Å². The maximum Gasteiger partial charge on any atom is 0.264 e. The molecule has 0 unspecified atom stereocenters. The first-order valence-corrected chi connectivity index (χ1v) is 5.30. The summed E-state index contributed by atoms with van der Waals surface area (Å²) in [6, 6.07) is 4.84.